The Labute approximate surface area is 164 Å². The van der Waals surface area contributed by atoms with E-state index in [-0.39, 0.29) is 17.7 Å². The monoisotopic (exact) mass is 398 g/mol. The summed E-state index contributed by atoms with van der Waals surface area (Å²) < 4.78 is 5.31. The fourth-order valence-electron chi connectivity index (χ4n) is 3.57. The molecule has 142 valence electrons. The molecule has 3 rings (SSSR count). The quantitative estimate of drug-likeness (QED) is 0.782. The molecule has 1 atom stereocenters. The predicted octanol–water partition coefficient (Wildman–Crippen LogP) is 3.02. The lowest BCUT2D eigenvalue weighted by molar-refractivity contribution is -0.144. The highest BCUT2D eigenvalue weighted by molar-refractivity contribution is 6.35. The molecule has 7 heteroatoms. The number of rotatable bonds is 4. The van der Waals surface area contributed by atoms with E-state index in [9.17, 15) is 9.59 Å². The molecule has 1 unspecified atom stereocenters. The Morgan fingerprint density at radius 1 is 1.12 bits per heavy atom. The van der Waals surface area contributed by atoms with Gasteiger partial charge < -0.3 is 14.5 Å². The van der Waals surface area contributed by atoms with Gasteiger partial charge in [-0.2, -0.15) is 0 Å². The fraction of sp³-hybridized carbons (Fsp3) is 0.579. The van der Waals surface area contributed by atoms with Crippen molar-refractivity contribution in [3.63, 3.8) is 0 Å². The zero-order valence-corrected chi connectivity index (χ0v) is 16.3. The molecule has 5 nitrogen and oxygen atoms in total. The molecule has 1 aromatic carbocycles. The van der Waals surface area contributed by atoms with Crippen LogP contribution in [0.2, 0.25) is 10.0 Å². The number of likely N-dealkylation sites (tertiary alicyclic amines) is 1. The van der Waals surface area contributed by atoms with Crippen LogP contribution in [0.4, 0.5) is 0 Å². The molecule has 0 aliphatic carbocycles. The van der Waals surface area contributed by atoms with Crippen LogP contribution in [-0.2, 0) is 20.7 Å². The molecular weight excluding hydrogens is 375 g/mol. The van der Waals surface area contributed by atoms with Gasteiger partial charge >= 0.3 is 0 Å². The minimum atomic E-state index is -0.0927. The van der Waals surface area contributed by atoms with Crippen molar-refractivity contribution in [3.05, 3.63) is 33.8 Å². The summed E-state index contributed by atoms with van der Waals surface area (Å²) in [7, 11) is 0. The number of hydrogen-bond donors (Lipinski definition) is 0. The first kappa shape index (κ1) is 19.5. The Morgan fingerprint density at radius 3 is 2.62 bits per heavy atom. The number of piperidine rings is 1. The molecule has 0 saturated carbocycles. The summed E-state index contributed by atoms with van der Waals surface area (Å²) in [6.45, 7) is 3.74. The number of aryl methyl sites for hydroxylation is 1. The number of carbonyl (C=O) groups excluding carboxylic acids is 2. The molecular formula is C19H24Cl2N2O3. The van der Waals surface area contributed by atoms with Crippen molar-refractivity contribution in [1.29, 1.82) is 0 Å². The van der Waals surface area contributed by atoms with Gasteiger partial charge in [0.05, 0.1) is 19.1 Å². The third kappa shape index (κ3) is 4.90. The molecule has 2 heterocycles. The minimum absolute atomic E-state index is 0.0792. The van der Waals surface area contributed by atoms with Crippen molar-refractivity contribution in [2.45, 2.75) is 25.7 Å². The van der Waals surface area contributed by atoms with Gasteiger partial charge in [0, 0.05) is 42.6 Å². The van der Waals surface area contributed by atoms with Gasteiger partial charge in [0.25, 0.3) is 0 Å². The summed E-state index contributed by atoms with van der Waals surface area (Å²) in [4.78, 5) is 29.0. The van der Waals surface area contributed by atoms with Gasteiger partial charge in [-0.15, -0.1) is 0 Å². The number of nitrogens with zero attached hydrogens (tertiary/aromatic N) is 2. The van der Waals surface area contributed by atoms with Gasteiger partial charge in [-0.3, -0.25) is 9.59 Å². The summed E-state index contributed by atoms with van der Waals surface area (Å²) in [6.07, 6.45) is 2.68. The van der Waals surface area contributed by atoms with Crippen LogP contribution in [0.3, 0.4) is 0 Å². The van der Waals surface area contributed by atoms with Crippen molar-refractivity contribution in [3.8, 4) is 0 Å². The van der Waals surface area contributed by atoms with Crippen LogP contribution in [0.25, 0.3) is 0 Å². The van der Waals surface area contributed by atoms with Crippen LogP contribution < -0.4 is 0 Å². The Balaban J connectivity index is 1.53. The van der Waals surface area contributed by atoms with Gasteiger partial charge in [0.15, 0.2) is 0 Å². The number of amides is 2. The van der Waals surface area contributed by atoms with Crippen LogP contribution in [-0.4, -0.2) is 61.0 Å². The van der Waals surface area contributed by atoms with E-state index in [1.807, 2.05) is 15.9 Å². The van der Waals surface area contributed by atoms with Crippen molar-refractivity contribution in [2.75, 3.05) is 39.4 Å². The molecule has 1 aromatic rings. The molecule has 2 fully saturated rings. The smallest absolute Gasteiger partial charge is 0.227 e. The molecule has 0 spiro atoms. The number of ether oxygens (including phenoxy) is 1. The van der Waals surface area contributed by atoms with Crippen LogP contribution in [0.15, 0.2) is 18.2 Å². The second kappa shape index (κ2) is 9.07. The van der Waals surface area contributed by atoms with E-state index in [1.165, 1.54) is 0 Å². The van der Waals surface area contributed by atoms with Gasteiger partial charge in [-0.05, 0) is 37.0 Å². The van der Waals surface area contributed by atoms with Crippen molar-refractivity contribution in [1.82, 2.24) is 9.80 Å². The summed E-state index contributed by atoms with van der Waals surface area (Å²) in [6, 6.07) is 5.34. The number of morpholine rings is 1. The average Bonchev–Trinajstić information content (AvgIpc) is 2.67. The highest BCUT2D eigenvalue weighted by Crippen LogP contribution is 2.24. The van der Waals surface area contributed by atoms with E-state index >= 15 is 0 Å². The number of carbonyl (C=O) groups is 2. The molecule has 0 bridgehead atoms. The van der Waals surface area contributed by atoms with Crippen molar-refractivity contribution >= 4 is 35.0 Å². The lowest BCUT2D eigenvalue weighted by Gasteiger charge is -2.36. The van der Waals surface area contributed by atoms with E-state index in [4.69, 9.17) is 27.9 Å². The van der Waals surface area contributed by atoms with Crippen LogP contribution in [0.5, 0.6) is 0 Å². The first-order valence-corrected chi connectivity index (χ1v) is 9.88. The average molecular weight is 399 g/mol. The molecule has 0 N–H and O–H groups in total. The minimum Gasteiger partial charge on any atom is -0.378 e. The van der Waals surface area contributed by atoms with Gasteiger partial charge in [-0.1, -0.05) is 29.3 Å². The normalized spacial score (nSPS) is 20.9. The lowest BCUT2D eigenvalue weighted by Crippen LogP contribution is -2.49. The zero-order chi connectivity index (χ0) is 18.5. The summed E-state index contributed by atoms with van der Waals surface area (Å²) >= 11 is 12.1. The summed E-state index contributed by atoms with van der Waals surface area (Å²) in [5.74, 6) is 0.145. The number of hydrogen-bond acceptors (Lipinski definition) is 3. The predicted molar refractivity (Wildman–Crippen MR) is 101 cm³/mol. The van der Waals surface area contributed by atoms with Crippen molar-refractivity contribution < 1.29 is 14.3 Å². The molecule has 2 aliphatic heterocycles. The SMILES string of the molecule is O=C(CCc1ccc(Cl)cc1Cl)N1CCCC(C(=O)N2CCOCC2)C1. The fourth-order valence-corrected chi connectivity index (χ4v) is 4.07. The highest BCUT2D eigenvalue weighted by atomic mass is 35.5. The molecule has 2 aliphatic rings. The molecule has 2 saturated heterocycles. The van der Waals surface area contributed by atoms with Gasteiger partial charge in [0.2, 0.25) is 11.8 Å². The Kier molecular flexibility index (Phi) is 6.79. The van der Waals surface area contributed by atoms with Crippen LogP contribution in [0, 0.1) is 5.92 Å². The molecule has 0 aromatic heterocycles. The topological polar surface area (TPSA) is 49.9 Å². The number of benzene rings is 1. The van der Waals surface area contributed by atoms with Crippen LogP contribution >= 0.6 is 23.2 Å². The molecule has 2 amide bonds. The molecule has 0 radical (unpaired) electrons. The van der Waals surface area contributed by atoms with E-state index in [0.29, 0.717) is 55.7 Å². The second-order valence-corrected chi connectivity index (χ2v) is 7.70. The third-order valence-electron chi connectivity index (χ3n) is 5.07. The van der Waals surface area contributed by atoms with E-state index in [1.54, 1.807) is 12.1 Å². The standard InChI is InChI=1S/C19H24Cl2N2O3/c20-16-5-3-14(17(21)12-16)4-6-18(24)23-7-1-2-15(13-23)19(25)22-8-10-26-11-9-22/h3,5,12,15H,1-2,4,6-11,13H2. The maximum absolute atomic E-state index is 12.7. The van der Waals surface area contributed by atoms with E-state index in [0.717, 1.165) is 24.9 Å². The third-order valence-corrected chi connectivity index (χ3v) is 5.66. The zero-order valence-electron chi connectivity index (χ0n) is 14.8. The van der Waals surface area contributed by atoms with E-state index in [2.05, 4.69) is 0 Å². The van der Waals surface area contributed by atoms with E-state index < -0.39 is 0 Å². The largest absolute Gasteiger partial charge is 0.378 e. The summed E-state index contributed by atoms with van der Waals surface area (Å²) in [5.41, 5.74) is 0.919. The lowest BCUT2D eigenvalue weighted by atomic mass is 9.95. The first-order valence-electron chi connectivity index (χ1n) is 9.13. The maximum Gasteiger partial charge on any atom is 0.227 e. The second-order valence-electron chi connectivity index (χ2n) is 6.85. The van der Waals surface area contributed by atoms with Gasteiger partial charge in [-0.25, -0.2) is 0 Å². The Bertz CT molecular complexity index is 662. The highest BCUT2D eigenvalue weighted by Gasteiger charge is 2.31. The maximum atomic E-state index is 12.7. The van der Waals surface area contributed by atoms with Crippen molar-refractivity contribution in [2.24, 2.45) is 5.92 Å². The van der Waals surface area contributed by atoms with Crippen LogP contribution in [0.1, 0.15) is 24.8 Å². The molecule has 26 heavy (non-hydrogen) atoms. The Hall–Kier alpha value is -1.30. The van der Waals surface area contributed by atoms with Gasteiger partial charge in [0.1, 0.15) is 0 Å². The Morgan fingerprint density at radius 2 is 1.88 bits per heavy atom. The first-order chi connectivity index (χ1) is 12.5. The number of halogens is 2. The summed E-state index contributed by atoms with van der Waals surface area (Å²) in [5, 5.41) is 1.18.